The third-order valence-electron chi connectivity index (χ3n) is 1.67. The lowest BCUT2D eigenvalue weighted by molar-refractivity contribution is -0.146. The van der Waals surface area contributed by atoms with Crippen LogP contribution in [0, 0.1) is 0 Å². The molecule has 76 valence electrons. The molecule has 0 aromatic heterocycles. The van der Waals surface area contributed by atoms with Gasteiger partial charge in [-0.05, 0) is 31.5 Å². The van der Waals surface area contributed by atoms with Crippen LogP contribution < -0.4 is 5.73 Å². The maximum absolute atomic E-state index is 11.3. The molecule has 0 fully saturated rings. The summed E-state index contributed by atoms with van der Waals surface area (Å²) in [5.74, 6) is -0.217. The molecule has 0 aliphatic carbocycles. The van der Waals surface area contributed by atoms with Gasteiger partial charge in [0.2, 0.25) is 0 Å². The van der Waals surface area contributed by atoms with Crippen LogP contribution in [-0.4, -0.2) is 12.1 Å². The molecule has 3 nitrogen and oxygen atoms in total. The van der Waals surface area contributed by atoms with Gasteiger partial charge in [-0.2, -0.15) is 0 Å². The summed E-state index contributed by atoms with van der Waals surface area (Å²) in [6, 6.07) is 7.25. The standard InChI is InChI=1S/C11H15NO2/c1-8(2)14-11(13)7-9-4-3-5-10(12)6-9/h3-6,8H,7,12H2,1-2H3. The first-order valence-corrected chi connectivity index (χ1v) is 4.62. The summed E-state index contributed by atoms with van der Waals surface area (Å²) in [6.45, 7) is 3.66. The van der Waals surface area contributed by atoms with Crippen LogP contribution >= 0.6 is 0 Å². The summed E-state index contributed by atoms with van der Waals surface area (Å²) in [4.78, 5) is 11.3. The largest absolute Gasteiger partial charge is 0.463 e. The molecule has 0 amide bonds. The summed E-state index contributed by atoms with van der Waals surface area (Å²) in [7, 11) is 0. The van der Waals surface area contributed by atoms with Gasteiger partial charge in [0.05, 0.1) is 12.5 Å². The van der Waals surface area contributed by atoms with Crippen molar-refractivity contribution in [2.75, 3.05) is 5.73 Å². The molecule has 0 spiro atoms. The molecule has 14 heavy (non-hydrogen) atoms. The van der Waals surface area contributed by atoms with Gasteiger partial charge in [-0.3, -0.25) is 4.79 Å². The van der Waals surface area contributed by atoms with Gasteiger partial charge in [0.15, 0.2) is 0 Å². The van der Waals surface area contributed by atoms with Crippen molar-refractivity contribution in [3.05, 3.63) is 29.8 Å². The Morgan fingerprint density at radius 2 is 2.21 bits per heavy atom. The van der Waals surface area contributed by atoms with Crippen LogP contribution in [0.2, 0.25) is 0 Å². The molecule has 3 heteroatoms. The predicted molar refractivity (Wildman–Crippen MR) is 55.8 cm³/mol. The molecule has 0 saturated heterocycles. The maximum Gasteiger partial charge on any atom is 0.310 e. The molecule has 0 aliphatic heterocycles. The normalized spacial score (nSPS) is 10.2. The molecule has 1 rings (SSSR count). The summed E-state index contributed by atoms with van der Waals surface area (Å²) in [5.41, 5.74) is 7.13. The number of carbonyl (C=O) groups is 1. The zero-order valence-corrected chi connectivity index (χ0v) is 8.49. The van der Waals surface area contributed by atoms with E-state index in [1.807, 2.05) is 26.0 Å². The smallest absolute Gasteiger partial charge is 0.310 e. The summed E-state index contributed by atoms with van der Waals surface area (Å²) >= 11 is 0. The first kappa shape index (κ1) is 10.6. The van der Waals surface area contributed by atoms with Gasteiger partial charge in [0, 0.05) is 5.69 Å². The number of ether oxygens (including phenoxy) is 1. The fourth-order valence-electron chi connectivity index (χ4n) is 1.17. The number of esters is 1. The highest BCUT2D eigenvalue weighted by Gasteiger charge is 2.06. The van der Waals surface area contributed by atoms with Crippen LogP contribution in [0.1, 0.15) is 19.4 Å². The molecule has 0 heterocycles. The molecular weight excluding hydrogens is 178 g/mol. The Morgan fingerprint density at radius 1 is 1.50 bits per heavy atom. The van der Waals surface area contributed by atoms with Crippen molar-refractivity contribution in [2.24, 2.45) is 0 Å². The second-order valence-electron chi connectivity index (χ2n) is 3.46. The lowest BCUT2D eigenvalue weighted by atomic mass is 10.1. The third-order valence-corrected chi connectivity index (χ3v) is 1.67. The van der Waals surface area contributed by atoms with Crippen molar-refractivity contribution >= 4 is 11.7 Å². The lowest BCUT2D eigenvalue weighted by Gasteiger charge is -2.07. The van der Waals surface area contributed by atoms with Gasteiger partial charge in [-0.25, -0.2) is 0 Å². The molecule has 1 aromatic rings. The van der Waals surface area contributed by atoms with Crippen LogP contribution in [0.5, 0.6) is 0 Å². The summed E-state index contributed by atoms with van der Waals surface area (Å²) < 4.78 is 5.01. The zero-order chi connectivity index (χ0) is 10.6. The van der Waals surface area contributed by atoms with E-state index < -0.39 is 0 Å². The van der Waals surface area contributed by atoms with Crippen molar-refractivity contribution in [1.29, 1.82) is 0 Å². The van der Waals surface area contributed by atoms with Crippen molar-refractivity contribution in [3.8, 4) is 0 Å². The second kappa shape index (κ2) is 4.65. The fraction of sp³-hybridized carbons (Fsp3) is 0.364. The zero-order valence-electron chi connectivity index (χ0n) is 8.49. The van der Waals surface area contributed by atoms with Crippen LogP contribution in [0.4, 0.5) is 5.69 Å². The van der Waals surface area contributed by atoms with Gasteiger partial charge in [-0.1, -0.05) is 12.1 Å². The third kappa shape index (κ3) is 3.47. The monoisotopic (exact) mass is 193 g/mol. The molecule has 0 aliphatic rings. The number of nitrogens with two attached hydrogens (primary N) is 1. The first-order valence-electron chi connectivity index (χ1n) is 4.62. The van der Waals surface area contributed by atoms with E-state index in [1.54, 1.807) is 12.1 Å². The Morgan fingerprint density at radius 3 is 2.79 bits per heavy atom. The topological polar surface area (TPSA) is 52.3 Å². The molecule has 0 bridgehead atoms. The Hall–Kier alpha value is -1.51. The summed E-state index contributed by atoms with van der Waals surface area (Å²) in [5, 5.41) is 0. The minimum absolute atomic E-state index is 0.0661. The highest BCUT2D eigenvalue weighted by Crippen LogP contribution is 2.08. The van der Waals surface area contributed by atoms with Crippen LogP contribution in [0.15, 0.2) is 24.3 Å². The minimum atomic E-state index is -0.217. The fourth-order valence-corrected chi connectivity index (χ4v) is 1.17. The van der Waals surface area contributed by atoms with Gasteiger partial charge < -0.3 is 10.5 Å². The van der Waals surface area contributed by atoms with Crippen molar-refractivity contribution in [2.45, 2.75) is 26.4 Å². The molecule has 0 atom stereocenters. The van der Waals surface area contributed by atoms with E-state index in [9.17, 15) is 4.79 Å². The van der Waals surface area contributed by atoms with Crippen molar-refractivity contribution in [3.63, 3.8) is 0 Å². The Labute approximate surface area is 83.9 Å². The number of hydrogen-bond acceptors (Lipinski definition) is 3. The molecule has 0 radical (unpaired) electrons. The van der Waals surface area contributed by atoms with E-state index >= 15 is 0 Å². The highest BCUT2D eigenvalue weighted by molar-refractivity contribution is 5.73. The van der Waals surface area contributed by atoms with Crippen molar-refractivity contribution in [1.82, 2.24) is 0 Å². The van der Waals surface area contributed by atoms with Crippen LogP contribution in [0.25, 0.3) is 0 Å². The quantitative estimate of drug-likeness (QED) is 0.588. The molecule has 1 aromatic carbocycles. The second-order valence-corrected chi connectivity index (χ2v) is 3.46. The summed E-state index contributed by atoms with van der Waals surface area (Å²) in [6.07, 6.45) is 0.215. The Kier molecular flexibility index (Phi) is 3.51. The van der Waals surface area contributed by atoms with Gasteiger partial charge in [0.25, 0.3) is 0 Å². The molecule has 2 N–H and O–H groups in total. The Bertz CT molecular complexity index is 321. The van der Waals surface area contributed by atoms with Gasteiger partial charge in [-0.15, -0.1) is 0 Å². The minimum Gasteiger partial charge on any atom is -0.463 e. The molecule has 0 unspecified atom stereocenters. The van der Waals surface area contributed by atoms with E-state index in [0.717, 1.165) is 5.56 Å². The van der Waals surface area contributed by atoms with Gasteiger partial charge in [0.1, 0.15) is 0 Å². The predicted octanol–water partition coefficient (Wildman–Crippen LogP) is 1.76. The number of nitrogen functional groups attached to an aromatic ring is 1. The lowest BCUT2D eigenvalue weighted by Crippen LogP contribution is -2.13. The van der Waals surface area contributed by atoms with E-state index in [1.165, 1.54) is 0 Å². The Balaban J connectivity index is 2.56. The maximum atomic E-state index is 11.3. The first-order chi connectivity index (χ1) is 6.58. The highest BCUT2D eigenvalue weighted by atomic mass is 16.5. The number of benzene rings is 1. The molecular formula is C11H15NO2. The SMILES string of the molecule is CC(C)OC(=O)Cc1cccc(N)c1. The van der Waals surface area contributed by atoms with Crippen LogP contribution in [-0.2, 0) is 16.0 Å². The van der Waals surface area contributed by atoms with Crippen LogP contribution in [0.3, 0.4) is 0 Å². The number of anilines is 1. The number of hydrogen-bond donors (Lipinski definition) is 1. The van der Waals surface area contributed by atoms with Crippen molar-refractivity contribution < 1.29 is 9.53 Å². The number of rotatable bonds is 3. The van der Waals surface area contributed by atoms with E-state index in [4.69, 9.17) is 10.5 Å². The molecule has 0 saturated carbocycles. The van der Waals surface area contributed by atoms with E-state index in [-0.39, 0.29) is 18.5 Å². The average molecular weight is 193 g/mol. The van der Waals surface area contributed by atoms with E-state index in [2.05, 4.69) is 0 Å². The number of carbonyl (C=O) groups excluding carboxylic acids is 1. The van der Waals surface area contributed by atoms with Gasteiger partial charge >= 0.3 is 5.97 Å². The average Bonchev–Trinajstić information content (AvgIpc) is 2.01. The van der Waals surface area contributed by atoms with E-state index in [0.29, 0.717) is 5.69 Å².